The third kappa shape index (κ3) is 2.90. The first kappa shape index (κ1) is 14.0. The van der Waals surface area contributed by atoms with Crippen LogP contribution in [0.1, 0.15) is 43.6 Å². The average Bonchev–Trinajstić information content (AvgIpc) is 2.45. The Kier molecular flexibility index (Phi) is 3.40. The number of benzene rings is 2. The molecule has 1 N–H and O–H groups in total. The summed E-state index contributed by atoms with van der Waals surface area (Å²) in [7, 11) is 0. The first-order valence-electron chi connectivity index (χ1n) is 7.55. The van der Waals surface area contributed by atoms with Crippen molar-refractivity contribution < 1.29 is 4.74 Å². The van der Waals surface area contributed by atoms with Crippen molar-refractivity contribution >= 4 is 5.69 Å². The van der Waals surface area contributed by atoms with Gasteiger partial charge in [-0.1, -0.05) is 56.7 Å². The maximum absolute atomic E-state index is 6.18. The molecule has 1 atom stereocenters. The van der Waals surface area contributed by atoms with E-state index in [1.807, 2.05) is 0 Å². The summed E-state index contributed by atoms with van der Waals surface area (Å²) in [6, 6.07) is 15.0. The monoisotopic (exact) mass is 281 g/mol. The van der Waals surface area contributed by atoms with E-state index in [1.165, 1.54) is 16.7 Å². The smallest absolute Gasteiger partial charge is 0.143 e. The molecule has 1 heterocycles. The summed E-state index contributed by atoms with van der Waals surface area (Å²) in [6.45, 7) is 9.61. The summed E-state index contributed by atoms with van der Waals surface area (Å²) in [5.74, 6) is 0.945. The lowest BCUT2D eigenvalue weighted by Crippen LogP contribution is -2.24. The summed E-state index contributed by atoms with van der Waals surface area (Å²) in [6.07, 6.45) is 0.0814. The topological polar surface area (TPSA) is 21.3 Å². The van der Waals surface area contributed by atoms with Gasteiger partial charge in [-0.3, -0.25) is 0 Å². The Hall–Kier alpha value is -1.96. The van der Waals surface area contributed by atoms with E-state index in [-0.39, 0.29) is 11.5 Å². The fraction of sp³-hybridized carbons (Fsp3) is 0.368. The Morgan fingerprint density at radius 1 is 1.10 bits per heavy atom. The minimum atomic E-state index is 0.0814. The van der Waals surface area contributed by atoms with E-state index in [0.717, 1.165) is 18.0 Å². The molecule has 0 amide bonds. The molecule has 21 heavy (non-hydrogen) atoms. The van der Waals surface area contributed by atoms with Crippen molar-refractivity contribution in [2.24, 2.45) is 0 Å². The van der Waals surface area contributed by atoms with Crippen LogP contribution in [-0.2, 0) is 5.41 Å². The molecule has 1 unspecified atom stereocenters. The Bertz CT molecular complexity index is 655. The molecule has 0 aromatic heterocycles. The maximum Gasteiger partial charge on any atom is 0.143 e. The predicted molar refractivity (Wildman–Crippen MR) is 88.2 cm³/mol. The van der Waals surface area contributed by atoms with E-state index in [1.54, 1.807) is 0 Å². The third-order valence-electron chi connectivity index (χ3n) is 4.01. The molecule has 0 saturated heterocycles. The molecule has 0 radical (unpaired) electrons. The molecular formula is C19H23NO. The van der Waals surface area contributed by atoms with Crippen LogP contribution in [0.15, 0.2) is 42.5 Å². The molecule has 0 bridgehead atoms. The standard InChI is InChI=1S/C19H23NO/c1-13-6-5-7-14(10-13)18-12-20-16-11-15(19(2,3)4)8-9-17(16)21-18/h5-11,18,20H,12H2,1-4H3. The first-order chi connectivity index (χ1) is 9.93. The van der Waals surface area contributed by atoms with Crippen LogP contribution in [0.4, 0.5) is 5.69 Å². The summed E-state index contributed by atoms with van der Waals surface area (Å²) in [4.78, 5) is 0. The Morgan fingerprint density at radius 2 is 1.90 bits per heavy atom. The minimum absolute atomic E-state index is 0.0814. The number of hydrogen-bond donors (Lipinski definition) is 1. The van der Waals surface area contributed by atoms with Crippen molar-refractivity contribution in [2.75, 3.05) is 11.9 Å². The number of ether oxygens (including phenoxy) is 1. The number of nitrogens with one attached hydrogen (secondary N) is 1. The van der Waals surface area contributed by atoms with Gasteiger partial charge in [-0.25, -0.2) is 0 Å². The third-order valence-corrected chi connectivity index (χ3v) is 4.01. The largest absolute Gasteiger partial charge is 0.482 e. The number of aryl methyl sites for hydroxylation is 1. The number of hydrogen-bond acceptors (Lipinski definition) is 2. The quantitative estimate of drug-likeness (QED) is 0.807. The molecule has 0 saturated carbocycles. The molecule has 1 aliphatic heterocycles. The van der Waals surface area contributed by atoms with Gasteiger partial charge in [-0.15, -0.1) is 0 Å². The second kappa shape index (κ2) is 5.10. The fourth-order valence-electron chi connectivity index (χ4n) is 2.69. The van der Waals surface area contributed by atoms with Crippen LogP contribution in [0.2, 0.25) is 0 Å². The lowest BCUT2D eigenvalue weighted by atomic mass is 9.86. The summed E-state index contributed by atoms with van der Waals surface area (Å²) in [5.41, 5.74) is 5.08. The zero-order valence-corrected chi connectivity index (χ0v) is 13.2. The van der Waals surface area contributed by atoms with E-state index in [9.17, 15) is 0 Å². The zero-order valence-electron chi connectivity index (χ0n) is 13.2. The summed E-state index contributed by atoms with van der Waals surface area (Å²) in [5, 5.41) is 3.52. The highest BCUT2D eigenvalue weighted by molar-refractivity contribution is 5.60. The zero-order chi connectivity index (χ0) is 15.0. The van der Waals surface area contributed by atoms with Crippen molar-refractivity contribution in [2.45, 2.75) is 39.2 Å². The fourth-order valence-corrected chi connectivity index (χ4v) is 2.69. The highest BCUT2D eigenvalue weighted by atomic mass is 16.5. The number of anilines is 1. The molecule has 2 aromatic carbocycles. The lowest BCUT2D eigenvalue weighted by molar-refractivity contribution is 0.210. The molecule has 0 fully saturated rings. The van der Waals surface area contributed by atoms with Crippen molar-refractivity contribution in [3.63, 3.8) is 0 Å². The molecule has 0 spiro atoms. The van der Waals surface area contributed by atoms with Crippen LogP contribution in [0.25, 0.3) is 0 Å². The van der Waals surface area contributed by atoms with Crippen LogP contribution >= 0.6 is 0 Å². The highest BCUT2D eigenvalue weighted by Gasteiger charge is 2.23. The molecule has 1 aliphatic rings. The van der Waals surface area contributed by atoms with Gasteiger partial charge >= 0.3 is 0 Å². The first-order valence-corrected chi connectivity index (χ1v) is 7.55. The molecule has 3 rings (SSSR count). The van der Waals surface area contributed by atoms with Gasteiger partial charge in [0.2, 0.25) is 0 Å². The Labute approximate surface area is 127 Å². The van der Waals surface area contributed by atoms with E-state index in [0.29, 0.717) is 0 Å². The Morgan fingerprint density at radius 3 is 2.62 bits per heavy atom. The van der Waals surface area contributed by atoms with E-state index < -0.39 is 0 Å². The van der Waals surface area contributed by atoms with E-state index in [4.69, 9.17) is 4.74 Å². The van der Waals surface area contributed by atoms with Crippen molar-refractivity contribution in [3.8, 4) is 5.75 Å². The lowest BCUT2D eigenvalue weighted by Gasteiger charge is -2.29. The molecule has 2 aromatic rings. The van der Waals surface area contributed by atoms with Crippen molar-refractivity contribution in [1.29, 1.82) is 0 Å². The molecule has 0 aliphatic carbocycles. The summed E-state index contributed by atoms with van der Waals surface area (Å²) < 4.78 is 6.18. The SMILES string of the molecule is Cc1cccc(C2CNc3cc(C(C)(C)C)ccc3O2)c1. The van der Waals surface area contributed by atoms with E-state index in [2.05, 4.69) is 75.5 Å². The van der Waals surface area contributed by atoms with Gasteiger partial charge in [0.05, 0.1) is 12.2 Å². The molecule has 2 heteroatoms. The van der Waals surface area contributed by atoms with Gasteiger partial charge in [0, 0.05) is 0 Å². The minimum Gasteiger partial charge on any atom is -0.482 e. The second-order valence-corrected chi connectivity index (χ2v) is 6.86. The normalized spacial score (nSPS) is 17.6. The van der Waals surface area contributed by atoms with Gasteiger partial charge < -0.3 is 10.1 Å². The van der Waals surface area contributed by atoms with Crippen LogP contribution in [0, 0.1) is 6.92 Å². The number of rotatable bonds is 1. The van der Waals surface area contributed by atoms with Crippen molar-refractivity contribution in [1.82, 2.24) is 0 Å². The second-order valence-electron chi connectivity index (χ2n) is 6.86. The number of fused-ring (bicyclic) bond motifs is 1. The highest BCUT2D eigenvalue weighted by Crippen LogP contribution is 2.37. The van der Waals surface area contributed by atoms with Crippen LogP contribution in [-0.4, -0.2) is 6.54 Å². The predicted octanol–water partition coefficient (Wildman–Crippen LogP) is 4.84. The van der Waals surface area contributed by atoms with Crippen LogP contribution in [0.5, 0.6) is 5.75 Å². The van der Waals surface area contributed by atoms with Gasteiger partial charge in [0.15, 0.2) is 0 Å². The van der Waals surface area contributed by atoms with Crippen molar-refractivity contribution in [3.05, 3.63) is 59.2 Å². The average molecular weight is 281 g/mol. The van der Waals surface area contributed by atoms with Crippen LogP contribution < -0.4 is 10.1 Å². The maximum atomic E-state index is 6.18. The van der Waals surface area contributed by atoms with E-state index >= 15 is 0 Å². The van der Waals surface area contributed by atoms with Gasteiger partial charge in [0.1, 0.15) is 11.9 Å². The summed E-state index contributed by atoms with van der Waals surface area (Å²) >= 11 is 0. The molecule has 2 nitrogen and oxygen atoms in total. The van der Waals surface area contributed by atoms with Gasteiger partial charge in [-0.05, 0) is 35.6 Å². The van der Waals surface area contributed by atoms with Gasteiger partial charge in [0.25, 0.3) is 0 Å². The molecule has 110 valence electrons. The van der Waals surface area contributed by atoms with Gasteiger partial charge in [-0.2, -0.15) is 0 Å². The molecular weight excluding hydrogens is 258 g/mol. The Balaban J connectivity index is 1.86. The van der Waals surface area contributed by atoms with Crippen LogP contribution in [0.3, 0.4) is 0 Å².